The van der Waals surface area contributed by atoms with Gasteiger partial charge in [-0.1, -0.05) is 0 Å². The van der Waals surface area contributed by atoms with Crippen LogP contribution in [0.5, 0.6) is 0 Å². The van der Waals surface area contributed by atoms with Crippen LogP contribution < -0.4 is 5.32 Å². The molecule has 1 aromatic heterocycles. The molecule has 0 saturated heterocycles. The molecule has 1 heterocycles. The monoisotopic (exact) mass is 243 g/mol. The van der Waals surface area contributed by atoms with Crippen LogP contribution in [-0.4, -0.2) is 56.5 Å². The highest BCUT2D eigenvalue weighted by atomic mass is 16.5. The van der Waals surface area contributed by atoms with Gasteiger partial charge in [-0.3, -0.25) is 4.68 Å². The first kappa shape index (κ1) is 14.0. The summed E-state index contributed by atoms with van der Waals surface area (Å²) in [6.07, 6.45) is 1.90. The third kappa shape index (κ3) is 6.93. The molecule has 0 bridgehead atoms. The lowest BCUT2D eigenvalue weighted by Gasteiger charge is -2.06. The van der Waals surface area contributed by atoms with E-state index in [1.165, 1.54) is 0 Å². The van der Waals surface area contributed by atoms with Crippen molar-refractivity contribution >= 4 is 5.82 Å². The van der Waals surface area contributed by atoms with Crippen LogP contribution >= 0.6 is 0 Å². The maximum absolute atomic E-state index is 5.38. The zero-order valence-corrected chi connectivity index (χ0v) is 10.5. The van der Waals surface area contributed by atoms with E-state index in [2.05, 4.69) is 10.4 Å². The van der Waals surface area contributed by atoms with Crippen LogP contribution in [-0.2, 0) is 21.3 Å². The maximum atomic E-state index is 5.38. The van der Waals surface area contributed by atoms with E-state index in [9.17, 15) is 0 Å². The average molecular weight is 243 g/mol. The Hall–Kier alpha value is -1.11. The molecule has 0 saturated carbocycles. The number of nitrogens with one attached hydrogen (secondary N) is 1. The molecule has 1 rings (SSSR count). The second kappa shape index (κ2) is 8.98. The number of aryl methyl sites for hydroxylation is 1. The second-order valence-electron chi connectivity index (χ2n) is 3.52. The minimum Gasteiger partial charge on any atom is -0.382 e. The van der Waals surface area contributed by atoms with E-state index in [0.29, 0.717) is 33.0 Å². The fourth-order valence-corrected chi connectivity index (χ4v) is 1.22. The summed E-state index contributed by atoms with van der Waals surface area (Å²) in [5.74, 6) is 0.868. The van der Waals surface area contributed by atoms with Gasteiger partial charge in [0.15, 0.2) is 0 Å². The first-order valence-electron chi connectivity index (χ1n) is 5.71. The molecule has 1 aromatic rings. The Labute approximate surface area is 102 Å². The molecule has 6 nitrogen and oxygen atoms in total. The maximum Gasteiger partial charge on any atom is 0.148 e. The fraction of sp³-hybridized carbons (Fsp3) is 0.727. The first-order valence-corrected chi connectivity index (χ1v) is 5.71. The number of nitrogens with zero attached hydrogens (tertiary/aromatic N) is 2. The van der Waals surface area contributed by atoms with Gasteiger partial charge in [-0.15, -0.1) is 0 Å². The van der Waals surface area contributed by atoms with E-state index in [1.807, 2.05) is 19.3 Å². The molecule has 0 spiro atoms. The number of aromatic nitrogens is 2. The summed E-state index contributed by atoms with van der Waals surface area (Å²) in [5.41, 5.74) is 0. The largest absolute Gasteiger partial charge is 0.382 e. The van der Waals surface area contributed by atoms with Gasteiger partial charge in [-0.05, 0) is 0 Å². The SMILES string of the molecule is COCCOCCOCCNc1ccn(C)n1. The van der Waals surface area contributed by atoms with Crippen LogP contribution in [0.3, 0.4) is 0 Å². The first-order chi connectivity index (χ1) is 8.33. The molecular formula is C11H21N3O3. The lowest BCUT2D eigenvalue weighted by molar-refractivity contribution is 0.0272. The zero-order chi connectivity index (χ0) is 12.3. The standard InChI is InChI=1S/C11H21N3O3/c1-14-5-3-11(13-14)12-4-6-16-9-10-17-8-7-15-2/h3,5H,4,6-10H2,1-2H3,(H,12,13). The molecule has 0 radical (unpaired) electrons. The molecule has 0 aliphatic rings. The number of ether oxygens (including phenoxy) is 3. The van der Waals surface area contributed by atoms with Crippen molar-refractivity contribution in [2.75, 3.05) is 52.0 Å². The molecule has 0 atom stereocenters. The fourth-order valence-electron chi connectivity index (χ4n) is 1.22. The van der Waals surface area contributed by atoms with Crippen molar-refractivity contribution in [1.82, 2.24) is 9.78 Å². The van der Waals surface area contributed by atoms with Gasteiger partial charge in [0.1, 0.15) is 5.82 Å². The minimum absolute atomic E-state index is 0.604. The van der Waals surface area contributed by atoms with Gasteiger partial charge in [0, 0.05) is 33.0 Å². The Kier molecular flexibility index (Phi) is 7.37. The van der Waals surface area contributed by atoms with Gasteiger partial charge in [-0.25, -0.2) is 0 Å². The lowest BCUT2D eigenvalue weighted by Crippen LogP contribution is -2.13. The predicted molar refractivity (Wildman–Crippen MR) is 65.2 cm³/mol. The summed E-state index contributed by atoms with van der Waals surface area (Å²) in [4.78, 5) is 0. The van der Waals surface area contributed by atoms with Gasteiger partial charge in [0.05, 0.1) is 33.0 Å². The van der Waals surface area contributed by atoms with Gasteiger partial charge >= 0.3 is 0 Å². The smallest absolute Gasteiger partial charge is 0.148 e. The lowest BCUT2D eigenvalue weighted by atomic mass is 10.6. The molecule has 0 aliphatic carbocycles. The number of methoxy groups -OCH3 is 1. The van der Waals surface area contributed by atoms with Crippen molar-refractivity contribution in [1.29, 1.82) is 0 Å². The summed E-state index contributed by atoms with van der Waals surface area (Å²) in [6.45, 7) is 3.84. The molecule has 0 unspecified atom stereocenters. The molecule has 98 valence electrons. The number of anilines is 1. The average Bonchev–Trinajstić information content (AvgIpc) is 2.73. The van der Waals surface area contributed by atoms with E-state index in [4.69, 9.17) is 14.2 Å². The molecule has 17 heavy (non-hydrogen) atoms. The molecular weight excluding hydrogens is 222 g/mol. The van der Waals surface area contributed by atoms with Crippen molar-refractivity contribution in [3.05, 3.63) is 12.3 Å². The Morgan fingerprint density at radius 1 is 1.18 bits per heavy atom. The van der Waals surface area contributed by atoms with E-state index in [1.54, 1.807) is 11.8 Å². The van der Waals surface area contributed by atoms with Crippen molar-refractivity contribution in [2.24, 2.45) is 7.05 Å². The minimum atomic E-state index is 0.604. The van der Waals surface area contributed by atoms with E-state index in [0.717, 1.165) is 12.4 Å². The second-order valence-corrected chi connectivity index (χ2v) is 3.52. The normalized spacial score (nSPS) is 10.7. The summed E-state index contributed by atoms with van der Waals surface area (Å²) >= 11 is 0. The number of hydrogen-bond acceptors (Lipinski definition) is 5. The molecule has 0 aliphatic heterocycles. The van der Waals surface area contributed by atoms with Crippen molar-refractivity contribution in [3.8, 4) is 0 Å². The quantitative estimate of drug-likeness (QED) is 0.607. The Morgan fingerprint density at radius 2 is 1.88 bits per heavy atom. The van der Waals surface area contributed by atoms with Gasteiger partial charge < -0.3 is 19.5 Å². The summed E-state index contributed by atoms with van der Waals surface area (Å²) < 4.78 is 17.2. The van der Waals surface area contributed by atoms with E-state index in [-0.39, 0.29) is 0 Å². The highest BCUT2D eigenvalue weighted by Crippen LogP contribution is 1.99. The topological polar surface area (TPSA) is 57.5 Å². The Bertz CT molecular complexity index is 291. The van der Waals surface area contributed by atoms with Crippen molar-refractivity contribution in [2.45, 2.75) is 0 Å². The van der Waals surface area contributed by atoms with Crippen molar-refractivity contribution in [3.63, 3.8) is 0 Å². The molecule has 0 aromatic carbocycles. The van der Waals surface area contributed by atoms with Crippen LogP contribution in [0.25, 0.3) is 0 Å². The van der Waals surface area contributed by atoms with Crippen LogP contribution in [0.2, 0.25) is 0 Å². The molecule has 1 N–H and O–H groups in total. The third-order valence-corrected chi connectivity index (χ3v) is 2.07. The molecule has 0 amide bonds. The number of rotatable bonds is 10. The zero-order valence-electron chi connectivity index (χ0n) is 10.5. The van der Waals surface area contributed by atoms with E-state index >= 15 is 0 Å². The van der Waals surface area contributed by atoms with Gasteiger partial charge in [0.25, 0.3) is 0 Å². The summed E-state index contributed by atoms with van der Waals surface area (Å²) in [7, 11) is 3.54. The Balaban J connectivity index is 1.84. The number of hydrogen-bond donors (Lipinski definition) is 1. The predicted octanol–water partition coefficient (Wildman–Crippen LogP) is 0.512. The van der Waals surface area contributed by atoms with Crippen LogP contribution in [0.4, 0.5) is 5.82 Å². The molecule has 6 heteroatoms. The van der Waals surface area contributed by atoms with Crippen LogP contribution in [0, 0.1) is 0 Å². The van der Waals surface area contributed by atoms with E-state index < -0.39 is 0 Å². The Morgan fingerprint density at radius 3 is 2.53 bits per heavy atom. The van der Waals surface area contributed by atoms with Crippen LogP contribution in [0.1, 0.15) is 0 Å². The highest BCUT2D eigenvalue weighted by Gasteiger charge is 1.94. The van der Waals surface area contributed by atoms with Crippen molar-refractivity contribution < 1.29 is 14.2 Å². The van der Waals surface area contributed by atoms with Gasteiger partial charge in [0.2, 0.25) is 0 Å². The van der Waals surface area contributed by atoms with Gasteiger partial charge in [-0.2, -0.15) is 5.10 Å². The highest BCUT2D eigenvalue weighted by molar-refractivity contribution is 5.31. The van der Waals surface area contributed by atoms with Crippen LogP contribution in [0.15, 0.2) is 12.3 Å². The molecule has 0 fully saturated rings. The third-order valence-electron chi connectivity index (χ3n) is 2.07. The summed E-state index contributed by atoms with van der Waals surface area (Å²) in [5, 5.41) is 7.35. The summed E-state index contributed by atoms with van der Waals surface area (Å²) in [6, 6.07) is 1.92.